The van der Waals surface area contributed by atoms with E-state index in [-0.39, 0.29) is 0 Å². The predicted molar refractivity (Wildman–Crippen MR) is 70.2 cm³/mol. The molecule has 0 saturated carbocycles. The van der Waals surface area contributed by atoms with Crippen LogP contribution in [0.1, 0.15) is 43.7 Å². The largest absolute Gasteiger partial charge is 0.478 e. The maximum atomic E-state index is 10.6. The summed E-state index contributed by atoms with van der Waals surface area (Å²) in [6.45, 7) is 5.89. The van der Waals surface area contributed by atoms with Gasteiger partial charge in [0.15, 0.2) is 0 Å². The molecule has 17 heavy (non-hydrogen) atoms. The highest BCUT2D eigenvalue weighted by Gasteiger charge is 2.05. The second kappa shape index (κ2) is 6.24. The van der Waals surface area contributed by atoms with E-state index in [1.54, 1.807) is 13.0 Å². The Morgan fingerprint density at radius 2 is 1.94 bits per heavy atom. The van der Waals surface area contributed by atoms with Crippen LogP contribution in [0.4, 0.5) is 0 Å². The van der Waals surface area contributed by atoms with E-state index in [4.69, 9.17) is 5.11 Å². The first-order valence-corrected chi connectivity index (χ1v) is 5.97. The summed E-state index contributed by atoms with van der Waals surface area (Å²) in [6, 6.07) is 8.52. The summed E-state index contributed by atoms with van der Waals surface area (Å²) < 4.78 is 0. The van der Waals surface area contributed by atoms with Crippen LogP contribution in [0, 0.1) is 6.92 Å². The molecular formula is C15H20O2. The van der Waals surface area contributed by atoms with E-state index in [1.807, 2.05) is 0 Å². The Morgan fingerprint density at radius 3 is 2.47 bits per heavy atom. The fourth-order valence-corrected chi connectivity index (χ4v) is 1.70. The first-order valence-electron chi connectivity index (χ1n) is 5.97. The summed E-state index contributed by atoms with van der Waals surface area (Å²) in [5.74, 6) is -0.360. The highest BCUT2D eigenvalue weighted by molar-refractivity contribution is 5.85. The fourth-order valence-electron chi connectivity index (χ4n) is 1.70. The van der Waals surface area contributed by atoms with E-state index in [0.29, 0.717) is 11.5 Å². The molecule has 1 aromatic rings. The number of hydrogen-bond acceptors (Lipinski definition) is 1. The normalized spacial score (nSPS) is 13.5. The summed E-state index contributed by atoms with van der Waals surface area (Å²) in [4.78, 5) is 10.6. The maximum Gasteiger partial charge on any atom is 0.330 e. The van der Waals surface area contributed by atoms with Gasteiger partial charge in [0.1, 0.15) is 0 Å². The molecular weight excluding hydrogens is 212 g/mol. The molecule has 1 aromatic carbocycles. The van der Waals surface area contributed by atoms with Gasteiger partial charge in [-0.2, -0.15) is 0 Å². The van der Waals surface area contributed by atoms with Crippen molar-refractivity contribution >= 4 is 5.97 Å². The van der Waals surface area contributed by atoms with Crippen molar-refractivity contribution in [2.24, 2.45) is 0 Å². The number of aryl methyl sites for hydroxylation is 1. The second-order valence-corrected chi connectivity index (χ2v) is 4.58. The number of hydrogen-bond donors (Lipinski definition) is 1. The quantitative estimate of drug-likeness (QED) is 0.781. The van der Waals surface area contributed by atoms with Gasteiger partial charge in [0, 0.05) is 5.57 Å². The van der Waals surface area contributed by atoms with Crippen molar-refractivity contribution in [1.82, 2.24) is 0 Å². The monoisotopic (exact) mass is 232 g/mol. The fraction of sp³-hybridized carbons (Fsp3) is 0.400. The van der Waals surface area contributed by atoms with E-state index in [2.05, 4.69) is 38.1 Å². The number of carbonyl (C=O) groups is 1. The van der Waals surface area contributed by atoms with Crippen LogP contribution in [0.3, 0.4) is 0 Å². The van der Waals surface area contributed by atoms with Crippen LogP contribution in [0.25, 0.3) is 0 Å². The van der Waals surface area contributed by atoms with Crippen LogP contribution in [-0.4, -0.2) is 11.1 Å². The molecule has 2 nitrogen and oxygen atoms in total. The van der Waals surface area contributed by atoms with Gasteiger partial charge in [0.2, 0.25) is 0 Å². The topological polar surface area (TPSA) is 37.3 Å². The number of carboxylic acid groups (broad SMARTS) is 1. The molecule has 0 bridgehead atoms. The zero-order valence-electron chi connectivity index (χ0n) is 10.7. The van der Waals surface area contributed by atoms with Crippen molar-refractivity contribution in [3.05, 3.63) is 47.0 Å². The van der Waals surface area contributed by atoms with Crippen molar-refractivity contribution in [3.63, 3.8) is 0 Å². The summed E-state index contributed by atoms with van der Waals surface area (Å²) in [5, 5.41) is 8.73. The SMILES string of the molecule is CC(=CCCC(C)c1ccc(C)cc1)C(=O)O. The minimum Gasteiger partial charge on any atom is -0.478 e. The zero-order chi connectivity index (χ0) is 12.8. The lowest BCUT2D eigenvalue weighted by Crippen LogP contribution is -1.97. The van der Waals surface area contributed by atoms with E-state index >= 15 is 0 Å². The van der Waals surface area contributed by atoms with E-state index < -0.39 is 5.97 Å². The number of carboxylic acids is 1. The molecule has 0 aliphatic rings. The van der Waals surface area contributed by atoms with Crippen molar-refractivity contribution in [2.75, 3.05) is 0 Å². The Morgan fingerprint density at radius 1 is 1.35 bits per heavy atom. The number of aliphatic carboxylic acids is 1. The van der Waals surface area contributed by atoms with Gasteiger partial charge in [-0.05, 0) is 38.2 Å². The van der Waals surface area contributed by atoms with E-state index in [1.165, 1.54) is 11.1 Å². The molecule has 2 heteroatoms. The van der Waals surface area contributed by atoms with Crippen molar-refractivity contribution in [1.29, 1.82) is 0 Å². The number of allylic oxidation sites excluding steroid dienone is 1. The third-order valence-corrected chi connectivity index (χ3v) is 3.03. The zero-order valence-corrected chi connectivity index (χ0v) is 10.7. The van der Waals surface area contributed by atoms with Crippen molar-refractivity contribution < 1.29 is 9.90 Å². The third-order valence-electron chi connectivity index (χ3n) is 3.03. The Bertz CT molecular complexity index is 401. The molecule has 1 atom stereocenters. The molecule has 0 heterocycles. The Labute approximate surface area is 103 Å². The number of benzene rings is 1. The van der Waals surface area contributed by atoms with Crippen molar-refractivity contribution in [2.45, 2.75) is 39.5 Å². The summed E-state index contributed by atoms with van der Waals surface area (Å²) in [7, 11) is 0. The molecule has 1 N–H and O–H groups in total. The molecule has 0 saturated heterocycles. The molecule has 0 aliphatic carbocycles. The Balaban J connectivity index is 2.50. The van der Waals surface area contributed by atoms with Crippen molar-refractivity contribution in [3.8, 4) is 0 Å². The average molecular weight is 232 g/mol. The van der Waals surface area contributed by atoms with Crippen LogP contribution < -0.4 is 0 Å². The van der Waals surface area contributed by atoms with Crippen LogP contribution in [0.5, 0.6) is 0 Å². The first kappa shape index (κ1) is 13.5. The highest BCUT2D eigenvalue weighted by atomic mass is 16.4. The van der Waals surface area contributed by atoms with Gasteiger partial charge in [-0.1, -0.05) is 42.8 Å². The Hall–Kier alpha value is -1.57. The highest BCUT2D eigenvalue weighted by Crippen LogP contribution is 2.21. The predicted octanol–water partition coefficient (Wildman–Crippen LogP) is 3.91. The van der Waals surface area contributed by atoms with Gasteiger partial charge in [-0.3, -0.25) is 0 Å². The molecule has 0 aromatic heterocycles. The minimum absolute atomic E-state index is 0.432. The molecule has 1 rings (SSSR count). The Kier molecular flexibility index (Phi) is 4.95. The maximum absolute atomic E-state index is 10.6. The summed E-state index contributed by atoms with van der Waals surface area (Å²) in [5.41, 5.74) is 3.01. The first-order chi connectivity index (χ1) is 8.00. The van der Waals surface area contributed by atoms with Crippen LogP contribution in [0.15, 0.2) is 35.9 Å². The van der Waals surface area contributed by atoms with Gasteiger partial charge in [0.05, 0.1) is 0 Å². The summed E-state index contributed by atoms with van der Waals surface area (Å²) in [6.07, 6.45) is 3.59. The van der Waals surface area contributed by atoms with Gasteiger partial charge in [-0.15, -0.1) is 0 Å². The van der Waals surface area contributed by atoms with Gasteiger partial charge in [0.25, 0.3) is 0 Å². The lowest BCUT2D eigenvalue weighted by atomic mass is 9.95. The van der Waals surface area contributed by atoms with Gasteiger partial charge in [-0.25, -0.2) is 4.79 Å². The standard InChI is InChI=1S/C15H20O2/c1-11-7-9-14(10-8-11)12(2)5-4-6-13(3)15(16)17/h6-10,12H,4-5H2,1-3H3,(H,16,17). The van der Waals surface area contributed by atoms with E-state index in [0.717, 1.165) is 12.8 Å². The summed E-state index contributed by atoms with van der Waals surface area (Å²) >= 11 is 0. The minimum atomic E-state index is -0.826. The lowest BCUT2D eigenvalue weighted by Gasteiger charge is -2.10. The van der Waals surface area contributed by atoms with Crippen LogP contribution in [0.2, 0.25) is 0 Å². The molecule has 1 unspecified atom stereocenters. The van der Waals surface area contributed by atoms with E-state index in [9.17, 15) is 4.79 Å². The van der Waals surface area contributed by atoms with Gasteiger partial charge < -0.3 is 5.11 Å². The van der Waals surface area contributed by atoms with Gasteiger partial charge >= 0.3 is 5.97 Å². The smallest absolute Gasteiger partial charge is 0.330 e. The molecule has 92 valence electrons. The third kappa shape index (κ3) is 4.43. The molecule has 0 spiro atoms. The molecule has 0 amide bonds. The lowest BCUT2D eigenvalue weighted by molar-refractivity contribution is -0.132. The second-order valence-electron chi connectivity index (χ2n) is 4.58. The number of rotatable bonds is 5. The van der Waals surface area contributed by atoms with Crippen LogP contribution in [-0.2, 0) is 4.79 Å². The average Bonchev–Trinajstić information content (AvgIpc) is 2.29. The molecule has 0 aliphatic heterocycles. The van der Waals surface area contributed by atoms with Crippen LogP contribution >= 0.6 is 0 Å². The molecule has 0 radical (unpaired) electrons. The molecule has 0 fully saturated rings.